The fourth-order valence-electron chi connectivity index (χ4n) is 1.52. The molecule has 1 aromatic rings. The Kier molecular flexibility index (Phi) is 2.54. The molecule has 2 N–H and O–H groups in total. The zero-order valence-corrected chi connectivity index (χ0v) is 7.94. The second-order valence-corrected chi connectivity index (χ2v) is 3.51. The first-order valence-corrected chi connectivity index (χ1v) is 4.89. The first-order chi connectivity index (χ1) is 6.83. The van der Waals surface area contributed by atoms with Crippen LogP contribution in [0.25, 0.3) is 0 Å². The van der Waals surface area contributed by atoms with Crippen molar-refractivity contribution in [3.63, 3.8) is 0 Å². The number of aliphatic hydroxyl groups excluding tert-OH is 1. The van der Waals surface area contributed by atoms with Crippen LogP contribution in [0.4, 0.5) is 0 Å². The number of rotatable bonds is 4. The molecule has 0 bridgehead atoms. The van der Waals surface area contributed by atoms with Gasteiger partial charge in [0.2, 0.25) is 0 Å². The standard InChI is InChI=1S/C10H14N2O2/c13-7-5-11-10(14)9-2-1-6-12(9)8-3-4-8/h1-2,6,8,13H,3-5,7H2,(H,11,14). The summed E-state index contributed by atoms with van der Waals surface area (Å²) in [5.41, 5.74) is 0.695. The molecule has 1 amide bonds. The van der Waals surface area contributed by atoms with Crippen LogP contribution in [0.5, 0.6) is 0 Å². The van der Waals surface area contributed by atoms with Gasteiger partial charge in [-0.2, -0.15) is 0 Å². The van der Waals surface area contributed by atoms with E-state index < -0.39 is 0 Å². The average Bonchev–Trinajstić information content (AvgIpc) is 2.93. The second-order valence-electron chi connectivity index (χ2n) is 3.51. The Morgan fingerprint density at radius 2 is 2.43 bits per heavy atom. The van der Waals surface area contributed by atoms with Gasteiger partial charge in [-0.25, -0.2) is 0 Å². The first kappa shape index (κ1) is 9.27. The van der Waals surface area contributed by atoms with Gasteiger partial charge in [0.05, 0.1) is 6.61 Å². The number of carbonyl (C=O) groups is 1. The van der Waals surface area contributed by atoms with Gasteiger partial charge in [-0.05, 0) is 25.0 Å². The molecule has 2 rings (SSSR count). The van der Waals surface area contributed by atoms with Crippen LogP contribution in [0, 0.1) is 0 Å². The Hall–Kier alpha value is -1.29. The lowest BCUT2D eigenvalue weighted by atomic mass is 10.4. The Bertz CT molecular complexity index is 329. The van der Waals surface area contributed by atoms with Crippen molar-refractivity contribution >= 4 is 5.91 Å². The third kappa shape index (κ3) is 1.80. The van der Waals surface area contributed by atoms with Crippen LogP contribution in [0.3, 0.4) is 0 Å². The second kappa shape index (κ2) is 3.84. The molecular formula is C10H14N2O2. The van der Waals surface area contributed by atoms with Crippen LogP contribution in [-0.2, 0) is 0 Å². The highest BCUT2D eigenvalue weighted by atomic mass is 16.3. The molecule has 14 heavy (non-hydrogen) atoms. The van der Waals surface area contributed by atoms with Crippen molar-refractivity contribution in [3.8, 4) is 0 Å². The van der Waals surface area contributed by atoms with E-state index in [1.54, 1.807) is 0 Å². The highest BCUT2D eigenvalue weighted by Crippen LogP contribution is 2.35. The number of carbonyl (C=O) groups excluding carboxylic acids is 1. The molecular weight excluding hydrogens is 180 g/mol. The van der Waals surface area contributed by atoms with Crippen LogP contribution >= 0.6 is 0 Å². The minimum absolute atomic E-state index is 0.0180. The van der Waals surface area contributed by atoms with E-state index in [4.69, 9.17) is 5.11 Å². The predicted molar refractivity (Wildman–Crippen MR) is 52.1 cm³/mol. The zero-order valence-electron chi connectivity index (χ0n) is 7.94. The summed E-state index contributed by atoms with van der Waals surface area (Å²) in [7, 11) is 0. The summed E-state index contributed by atoms with van der Waals surface area (Å²) in [6.07, 6.45) is 4.26. The monoisotopic (exact) mass is 194 g/mol. The van der Waals surface area contributed by atoms with E-state index in [-0.39, 0.29) is 12.5 Å². The van der Waals surface area contributed by atoms with Crippen LogP contribution in [-0.4, -0.2) is 28.7 Å². The summed E-state index contributed by atoms with van der Waals surface area (Å²) in [6.45, 7) is 0.296. The lowest BCUT2D eigenvalue weighted by Gasteiger charge is -2.07. The zero-order chi connectivity index (χ0) is 9.97. The van der Waals surface area contributed by atoms with Crippen LogP contribution in [0.15, 0.2) is 18.3 Å². The van der Waals surface area contributed by atoms with E-state index >= 15 is 0 Å². The van der Waals surface area contributed by atoms with E-state index in [9.17, 15) is 4.79 Å². The Balaban J connectivity index is 2.06. The van der Waals surface area contributed by atoms with Gasteiger partial charge in [0.25, 0.3) is 5.91 Å². The Labute approximate surface area is 82.5 Å². The van der Waals surface area contributed by atoms with E-state index in [1.807, 2.05) is 22.9 Å². The number of aromatic nitrogens is 1. The number of nitrogens with zero attached hydrogens (tertiary/aromatic N) is 1. The number of nitrogens with one attached hydrogen (secondary N) is 1. The lowest BCUT2D eigenvalue weighted by Crippen LogP contribution is -2.28. The Morgan fingerprint density at radius 1 is 1.64 bits per heavy atom. The highest BCUT2D eigenvalue weighted by Gasteiger charge is 2.26. The molecule has 1 aromatic heterocycles. The van der Waals surface area contributed by atoms with Gasteiger partial charge in [0, 0.05) is 18.8 Å². The lowest BCUT2D eigenvalue weighted by molar-refractivity contribution is 0.0935. The summed E-state index contributed by atoms with van der Waals surface area (Å²) in [4.78, 5) is 11.6. The molecule has 0 aliphatic heterocycles. The molecule has 0 saturated heterocycles. The predicted octanol–water partition coefficient (Wildman–Crippen LogP) is 0.545. The summed E-state index contributed by atoms with van der Waals surface area (Å²) >= 11 is 0. The quantitative estimate of drug-likeness (QED) is 0.735. The van der Waals surface area contributed by atoms with Gasteiger partial charge >= 0.3 is 0 Å². The van der Waals surface area contributed by atoms with Gasteiger partial charge in [-0.3, -0.25) is 4.79 Å². The van der Waals surface area contributed by atoms with Gasteiger partial charge in [-0.1, -0.05) is 0 Å². The minimum atomic E-state index is -0.101. The minimum Gasteiger partial charge on any atom is -0.395 e. The largest absolute Gasteiger partial charge is 0.395 e. The number of hydrogen-bond acceptors (Lipinski definition) is 2. The fourth-order valence-corrected chi connectivity index (χ4v) is 1.52. The van der Waals surface area contributed by atoms with Crippen LogP contribution < -0.4 is 5.32 Å². The van der Waals surface area contributed by atoms with Crippen molar-refractivity contribution in [2.75, 3.05) is 13.2 Å². The molecule has 0 atom stereocenters. The summed E-state index contributed by atoms with van der Waals surface area (Å²) < 4.78 is 2.01. The van der Waals surface area contributed by atoms with Crippen LogP contribution in [0.2, 0.25) is 0 Å². The topological polar surface area (TPSA) is 54.3 Å². The highest BCUT2D eigenvalue weighted by molar-refractivity contribution is 5.92. The molecule has 1 aliphatic carbocycles. The Morgan fingerprint density at radius 3 is 3.07 bits per heavy atom. The van der Waals surface area contributed by atoms with Crippen molar-refractivity contribution in [1.82, 2.24) is 9.88 Å². The molecule has 1 heterocycles. The number of aliphatic hydroxyl groups is 1. The molecule has 4 heteroatoms. The van der Waals surface area contributed by atoms with Crippen molar-refractivity contribution in [2.24, 2.45) is 0 Å². The smallest absolute Gasteiger partial charge is 0.267 e. The molecule has 0 unspecified atom stereocenters. The third-order valence-corrected chi connectivity index (χ3v) is 2.35. The number of amides is 1. The first-order valence-electron chi connectivity index (χ1n) is 4.89. The molecule has 76 valence electrons. The van der Waals surface area contributed by atoms with Gasteiger partial charge in [0.1, 0.15) is 5.69 Å². The molecule has 4 nitrogen and oxygen atoms in total. The fraction of sp³-hybridized carbons (Fsp3) is 0.500. The van der Waals surface area contributed by atoms with Crippen LogP contribution in [0.1, 0.15) is 29.4 Å². The molecule has 0 spiro atoms. The van der Waals surface area contributed by atoms with E-state index in [0.29, 0.717) is 18.3 Å². The maximum Gasteiger partial charge on any atom is 0.267 e. The maximum absolute atomic E-state index is 11.6. The molecule has 1 aliphatic rings. The molecule has 0 radical (unpaired) electrons. The van der Waals surface area contributed by atoms with Gasteiger partial charge in [-0.15, -0.1) is 0 Å². The molecule has 1 fully saturated rings. The molecule has 1 saturated carbocycles. The average molecular weight is 194 g/mol. The van der Waals surface area contributed by atoms with Crippen molar-refractivity contribution in [1.29, 1.82) is 0 Å². The van der Waals surface area contributed by atoms with Gasteiger partial charge < -0.3 is 15.0 Å². The maximum atomic E-state index is 11.6. The van der Waals surface area contributed by atoms with Crippen molar-refractivity contribution in [3.05, 3.63) is 24.0 Å². The van der Waals surface area contributed by atoms with Crippen molar-refractivity contribution < 1.29 is 9.90 Å². The third-order valence-electron chi connectivity index (χ3n) is 2.35. The van der Waals surface area contributed by atoms with Crippen molar-refractivity contribution in [2.45, 2.75) is 18.9 Å². The van der Waals surface area contributed by atoms with E-state index in [0.717, 1.165) is 12.8 Å². The molecule has 0 aromatic carbocycles. The SMILES string of the molecule is O=C(NCCO)c1cccn1C1CC1. The number of hydrogen-bond donors (Lipinski definition) is 2. The summed E-state index contributed by atoms with van der Waals surface area (Å²) in [5.74, 6) is -0.101. The summed E-state index contributed by atoms with van der Waals surface area (Å²) in [6, 6.07) is 4.21. The normalized spacial score (nSPS) is 15.5. The van der Waals surface area contributed by atoms with Gasteiger partial charge in [0.15, 0.2) is 0 Å². The summed E-state index contributed by atoms with van der Waals surface area (Å²) in [5, 5.41) is 11.2. The van der Waals surface area contributed by atoms with E-state index in [2.05, 4.69) is 5.32 Å². The van der Waals surface area contributed by atoms with E-state index in [1.165, 1.54) is 0 Å².